The summed E-state index contributed by atoms with van der Waals surface area (Å²) >= 11 is 6.91. The molecule has 0 fully saturated rings. The van der Waals surface area contributed by atoms with Crippen LogP contribution < -0.4 is 10.0 Å². The smallest absolute Gasteiger partial charge is 0.263 e. The van der Waals surface area contributed by atoms with Crippen molar-refractivity contribution < 1.29 is 17.6 Å². The van der Waals surface area contributed by atoms with Crippen molar-refractivity contribution in [3.63, 3.8) is 0 Å². The zero-order valence-corrected chi connectivity index (χ0v) is 16.7. The van der Waals surface area contributed by atoms with Crippen molar-refractivity contribution in [2.45, 2.75) is 17.7 Å². The molecule has 0 atom stereocenters. The van der Waals surface area contributed by atoms with Gasteiger partial charge in [-0.05, 0) is 55.0 Å². The lowest BCUT2D eigenvalue weighted by atomic mass is 10.2. The largest absolute Gasteiger partial charge is 0.326 e. The van der Waals surface area contributed by atoms with Crippen LogP contribution in [0.5, 0.6) is 0 Å². The average Bonchev–Trinajstić information content (AvgIpc) is 3.09. The zero-order chi connectivity index (χ0) is 20.1. The van der Waals surface area contributed by atoms with E-state index in [1.807, 2.05) is 0 Å². The molecular weight excluding hydrogens is 425 g/mol. The Morgan fingerprint density at radius 1 is 1.11 bits per heavy atom. The Kier molecular flexibility index (Phi) is 6.28. The molecule has 0 bridgehead atoms. The molecule has 0 saturated carbocycles. The number of aryl methyl sites for hydroxylation is 1. The van der Waals surface area contributed by atoms with Gasteiger partial charge in [-0.2, -0.15) is 0 Å². The van der Waals surface area contributed by atoms with E-state index in [-0.39, 0.29) is 22.4 Å². The van der Waals surface area contributed by atoms with Crippen molar-refractivity contribution in [1.29, 1.82) is 0 Å². The molecule has 3 aromatic rings. The van der Waals surface area contributed by atoms with E-state index in [0.29, 0.717) is 22.8 Å². The summed E-state index contributed by atoms with van der Waals surface area (Å²) in [6.45, 7) is 0. The molecule has 0 spiro atoms. The van der Waals surface area contributed by atoms with E-state index in [0.717, 1.165) is 23.5 Å². The highest BCUT2D eigenvalue weighted by Crippen LogP contribution is 2.21. The van der Waals surface area contributed by atoms with Crippen LogP contribution in [0.3, 0.4) is 0 Å². The fourth-order valence-electron chi connectivity index (χ4n) is 2.25. The fourth-order valence-corrected chi connectivity index (χ4v) is 4.38. The Morgan fingerprint density at radius 3 is 2.46 bits per heavy atom. The van der Waals surface area contributed by atoms with Gasteiger partial charge in [-0.3, -0.25) is 9.52 Å². The maximum Gasteiger partial charge on any atom is 0.263 e. The summed E-state index contributed by atoms with van der Waals surface area (Å²) in [5, 5.41) is 5.18. The van der Waals surface area contributed by atoms with Crippen LogP contribution in [0.2, 0.25) is 5.02 Å². The minimum Gasteiger partial charge on any atom is -0.326 e. The number of thiazole rings is 1. The van der Waals surface area contributed by atoms with Crippen LogP contribution >= 0.6 is 22.9 Å². The third-order valence-electron chi connectivity index (χ3n) is 3.63. The lowest BCUT2D eigenvalue weighted by Gasteiger charge is -2.05. The molecule has 28 heavy (non-hydrogen) atoms. The molecule has 3 rings (SSSR count). The maximum absolute atomic E-state index is 12.9. The maximum atomic E-state index is 12.9. The Morgan fingerprint density at radius 2 is 1.79 bits per heavy atom. The summed E-state index contributed by atoms with van der Waals surface area (Å²) in [6.07, 6.45) is 0.546. The topological polar surface area (TPSA) is 88.2 Å². The first-order chi connectivity index (χ1) is 13.3. The standard InChI is InChI=1S/C18H15ClFN3O3S2/c19-12-1-5-14(6-2-12)21-17(24)10-7-15-11-27-18(22-15)23-28(25,26)16-8-3-13(20)4-9-16/h1-6,8-9,11H,7,10H2,(H,21,24)(H,22,23). The zero-order valence-electron chi connectivity index (χ0n) is 14.4. The second kappa shape index (κ2) is 8.68. The molecule has 0 unspecified atom stereocenters. The number of benzene rings is 2. The van der Waals surface area contributed by atoms with Gasteiger partial charge in [-0.15, -0.1) is 11.3 Å². The number of nitrogens with zero attached hydrogens (tertiary/aromatic N) is 1. The summed E-state index contributed by atoms with van der Waals surface area (Å²) in [5.41, 5.74) is 1.23. The predicted molar refractivity (Wildman–Crippen MR) is 108 cm³/mol. The van der Waals surface area contributed by atoms with Crippen molar-refractivity contribution in [1.82, 2.24) is 4.98 Å². The molecule has 0 aliphatic carbocycles. The van der Waals surface area contributed by atoms with E-state index in [9.17, 15) is 17.6 Å². The summed E-state index contributed by atoms with van der Waals surface area (Å²) in [7, 11) is -3.85. The third-order valence-corrected chi connectivity index (χ3v) is 6.18. The van der Waals surface area contributed by atoms with Gasteiger partial charge in [-0.25, -0.2) is 17.8 Å². The van der Waals surface area contributed by atoms with E-state index in [1.165, 1.54) is 12.1 Å². The Hall–Kier alpha value is -2.49. The number of nitrogens with one attached hydrogen (secondary N) is 2. The number of rotatable bonds is 7. The molecule has 6 nitrogen and oxygen atoms in total. The van der Waals surface area contributed by atoms with Gasteiger partial charge in [0.2, 0.25) is 5.91 Å². The first-order valence-electron chi connectivity index (χ1n) is 8.10. The second-order valence-corrected chi connectivity index (χ2v) is 8.74. The summed E-state index contributed by atoms with van der Waals surface area (Å²) in [4.78, 5) is 16.1. The number of amides is 1. The van der Waals surface area contributed by atoms with Crippen molar-refractivity contribution in [3.8, 4) is 0 Å². The Balaban J connectivity index is 1.55. The molecule has 0 radical (unpaired) electrons. The number of carbonyl (C=O) groups is 1. The molecule has 0 saturated heterocycles. The number of hydrogen-bond donors (Lipinski definition) is 2. The molecule has 1 amide bonds. The SMILES string of the molecule is O=C(CCc1csc(NS(=O)(=O)c2ccc(F)cc2)n1)Nc1ccc(Cl)cc1. The molecule has 2 N–H and O–H groups in total. The second-order valence-electron chi connectivity index (χ2n) is 5.76. The number of anilines is 2. The van der Waals surface area contributed by atoms with Crippen LogP contribution in [0.15, 0.2) is 58.8 Å². The molecule has 0 aliphatic rings. The van der Waals surface area contributed by atoms with Crippen LogP contribution in [-0.2, 0) is 21.2 Å². The summed E-state index contributed by atoms with van der Waals surface area (Å²) < 4.78 is 39.8. The van der Waals surface area contributed by atoms with Crippen molar-refractivity contribution >= 4 is 49.7 Å². The minimum absolute atomic E-state index is 0.0620. The van der Waals surface area contributed by atoms with Crippen LogP contribution in [0, 0.1) is 5.82 Å². The highest BCUT2D eigenvalue weighted by molar-refractivity contribution is 7.93. The molecule has 1 aromatic heterocycles. The van der Waals surface area contributed by atoms with E-state index in [1.54, 1.807) is 29.6 Å². The minimum atomic E-state index is -3.85. The lowest BCUT2D eigenvalue weighted by molar-refractivity contribution is -0.116. The highest BCUT2D eigenvalue weighted by atomic mass is 35.5. The number of sulfonamides is 1. The number of carbonyl (C=O) groups excluding carboxylic acids is 1. The third kappa shape index (κ3) is 5.51. The van der Waals surface area contributed by atoms with E-state index >= 15 is 0 Å². The van der Waals surface area contributed by atoms with Gasteiger partial charge >= 0.3 is 0 Å². The first kappa shape index (κ1) is 20.2. The van der Waals surface area contributed by atoms with Crippen molar-refractivity contribution in [2.24, 2.45) is 0 Å². The molecule has 0 aliphatic heterocycles. The molecule has 146 valence electrons. The van der Waals surface area contributed by atoms with Gasteiger partial charge in [0.1, 0.15) is 5.82 Å². The lowest BCUT2D eigenvalue weighted by Crippen LogP contribution is -2.13. The van der Waals surface area contributed by atoms with Gasteiger partial charge in [0.25, 0.3) is 10.0 Å². The predicted octanol–water partition coefficient (Wildman–Crippen LogP) is 4.31. The Bertz CT molecular complexity index is 1070. The summed E-state index contributed by atoms with van der Waals surface area (Å²) in [6, 6.07) is 11.2. The first-order valence-corrected chi connectivity index (χ1v) is 10.8. The van der Waals surface area contributed by atoms with E-state index in [4.69, 9.17) is 11.6 Å². The van der Waals surface area contributed by atoms with Gasteiger partial charge in [0, 0.05) is 22.5 Å². The van der Waals surface area contributed by atoms with E-state index in [2.05, 4.69) is 15.0 Å². The van der Waals surface area contributed by atoms with Crippen molar-refractivity contribution in [3.05, 3.63) is 70.4 Å². The van der Waals surface area contributed by atoms with Crippen LogP contribution in [0.1, 0.15) is 12.1 Å². The average molecular weight is 440 g/mol. The molecular formula is C18H15ClFN3O3S2. The van der Waals surface area contributed by atoms with E-state index < -0.39 is 15.8 Å². The monoisotopic (exact) mass is 439 g/mol. The van der Waals surface area contributed by atoms with Crippen molar-refractivity contribution in [2.75, 3.05) is 10.0 Å². The number of halogens is 2. The Labute approximate surface area is 170 Å². The van der Waals surface area contributed by atoms with Crippen LogP contribution in [0.4, 0.5) is 15.2 Å². The number of hydrogen-bond acceptors (Lipinski definition) is 5. The molecule has 1 heterocycles. The molecule has 10 heteroatoms. The van der Waals surface area contributed by atoms with Crippen LogP contribution in [0.25, 0.3) is 0 Å². The fraction of sp³-hybridized carbons (Fsp3) is 0.111. The number of aromatic nitrogens is 1. The van der Waals surface area contributed by atoms with Gasteiger partial charge < -0.3 is 5.32 Å². The van der Waals surface area contributed by atoms with Gasteiger partial charge in [-0.1, -0.05) is 11.6 Å². The highest BCUT2D eigenvalue weighted by Gasteiger charge is 2.16. The van der Waals surface area contributed by atoms with Crippen LogP contribution in [-0.4, -0.2) is 19.3 Å². The molecule has 2 aromatic carbocycles. The normalized spacial score (nSPS) is 11.2. The quantitative estimate of drug-likeness (QED) is 0.574. The van der Waals surface area contributed by atoms with Gasteiger partial charge in [0.05, 0.1) is 10.6 Å². The van der Waals surface area contributed by atoms with Gasteiger partial charge in [0.15, 0.2) is 5.13 Å². The summed E-state index contributed by atoms with van der Waals surface area (Å²) in [5.74, 6) is -0.712.